The number of aliphatic hydroxyl groups excluding tert-OH is 1. The van der Waals surface area contributed by atoms with Crippen molar-refractivity contribution in [2.75, 3.05) is 6.61 Å². The molecule has 4 heteroatoms. The van der Waals surface area contributed by atoms with Gasteiger partial charge in [-0.25, -0.2) is 0 Å². The minimum atomic E-state index is -0.706. The predicted molar refractivity (Wildman–Crippen MR) is 72.6 cm³/mol. The molecule has 0 aliphatic rings. The second-order valence-electron chi connectivity index (χ2n) is 4.31. The van der Waals surface area contributed by atoms with Crippen molar-refractivity contribution in [3.05, 3.63) is 42.2 Å². The number of nitrogens with zero attached hydrogens (tertiary/aromatic N) is 1. The number of aliphatic hydroxyl groups is 1. The van der Waals surface area contributed by atoms with Crippen molar-refractivity contribution in [2.45, 2.75) is 25.9 Å². The molecule has 0 bridgehead atoms. The van der Waals surface area contributed by atoms with Gasteiger partial charge in [-0.15, -0.1) is 0 Å². The van der Waals surface area contributed by atoms with Crippen molar-refractivity contribution in [3.8, 4) is 0 Å². The number of hydrogen-bond acceptors (Lipinski definition) is 4. The molecule has 19 heavy (non-hydrogen) atoms. The van der Waals surface area contributed by atoms with Gasteiger partial charge in [0.25, 0.3) is 0 Å². The standard InChI is InChI=1S/C15H17NO3/c1-2-19-15(18)8-7-14(17)13-10-16-9-11-5-3-4-6-12(11)13/h3-6,9-10,14,17H,2,7-8H2,1H3. The topological polar surface area (TPSA) is 59.4 Å². The summed E-state index contributed by atoms with van der Waals surface area (Å²) >= 11 is 0. The summed E-state index contributed by atoms with van der Waals surface area (Å²) in [7, 11) is 0. The molecule has 0 aliphatic carbocycles. The molecule has 0 saturated heterocycles. The van der Waals surface area contributed by atoms with Crippen LogP contribution in [0.5, 0.6) is 0 Å². The highest BCUT2D eigenvalue weighted by molar-refractivity contribution is 5.85. The Morgan fingerprint density at radius 3 is 2.95 bits per heavy atom. The van der Waals surface area contributed by atoms with E-state index in [0.717, 1.165) is 16.3 Å². The second-order valence-corrected chi connectivity index (χ2v) is 4.31. The molecule has 1 aromatic carbocycles. The van der Waals surface area contributed by atoms with E-state index in [2.05, 4.69) is 4.98 Å². The Labute approximate surface area is 112 Å². The van der Waals surface area contributed by atoms with Crippen molar-refractivity contribution in [2.24, 2.45) is 0 Å². The molecule has 0 saturated carbocycles. The first-order valence-electron chi connectivity index (χ1n) is 6.38. The maximum Gasteiger partial charge on any atom is 0.305 e. The van der Waals surface area contributed by atoms with Crippen molar-refractivity contribution in [1.82, 2.24) is 4.98 Å². The number of hydrogen-bond donors (Lipinski definition) is 1. The predicted octanol–water partition coefficient (Wildman–Crippen LogP) is 2.61. The second kappa shape index (κ2) is 6.29. The summed E-state index contributed by atoms with van der Waals surface area (Å²) < 4.78 is 4.85. The summed E-state index contributed by atoms with van der Waals surface area (Å²) in [5, 5.41) is 12.1. The molecule has 4 nitrogen and oxygen atoms in total. The Kier molecular flexibility index (Phi) is 4.47. The highest BCUT2D eigenvalue weighted by atomic mass is 16.5. The van der Waals surface area contributed by atoms with E-state index in [-0.39, 0.29) is 12.4 Å². The van der Waals surface area contributed by atoms with Crippen LogP contribution in [-0.4, -0.2) is 22.7 Å². The Morgan fingerprint density at radius 1 is 1.37 bits per heavy atom. The first-order chi connectivity index (χ1) is 9.22. The molecule has 1 atom stereocenters. The molecule has 2 rings (SSSR count). The van der Waals surface area contributed by atoms with Gasteiger partial charge in [-0.3, -0.25) is 9.78 Å². The van der Waals surface area contributed by atoms with Crippen LogP contribution < -0.4 is 0 Å². The molecule has 0 amide bonds. The van der Waals surface area contributed by atoms with Crippen molar-refractivity contribution < 1.29 is 14.6 Å². The van der Waals surface area contributed by atoms with Crippen molar-refractivity contribution in [1.29, 1.82) is 0 Å². The summed E-state index contributed by atoms with van der Waals surface area (Å²) in [6.45, 7) is 2.13. The number of pyridine rings is 1. The smallest absolute Gasteiger partial charge is 0.305 e. The van der Waals surface area contributed by atoms with E-state index >= 15 is 0 Å². The van der Waals surface area contributed by atoms with Crippen LogP contribution in [0.4, 0.5) is 0 Å². The highest BCUT2D eigenvalue weighted by Gasteiger charge is 2.13. The Hall–Kier alpha value is -1.94. The summed E-state index contributed by atoms with van der Waals surface area (Å²) in [6, 6.07) is 7.74. The van der Waals surface area contributed by atoms with Gasteiger partial charge in [-0.2, -0.15) is 0 Å². The monoisotopic (exact) mass is 259 g/mol. The van der Waals surface area contributed by atoms with Gasteiger partial charge in [0.2, 0.25) is 0 Å². The Balaban J connectivity index is 2.13. The molecule has 1 heterocycles. The van der Waals surface area contributed by atoms with Gasteiger partial charge in [0, 0.05) is 29.8 Å². The maximum absolute atomic E-state index is 11.3. The van der Waals surface area contributed by atoms with Crippen LogP contribution >= 0.6 is 0 Å². The molecule has 1 aromatic heterocycles. The van der Waals surface area contributed by atoms with Gasteiger partial charge < -0.3 is 9.84 Å². The molecule has 1 unspecified atom stereocenters. The molecule has 0 radical (unpaired) electrons. The molecule has 0 spiro atoms. The largest absolute Gasteiger partial charge is 0.466 e. The lowest BCUT2D eigenvalue weighted by molar-refractivity contribution is -0.143. The number of carbonyl (C=O) groups is 1. The fraction of sp³-hybridized carbons (Fsp3) is 0.333. The van der Waals surface area contributed by atoms with Gasteiger partial charge in [0.05, 0.1) is 12.7 Å². The van der Waals surface area contributed by atoms with Crippen LogP contribution in [0.15, 0.2) is 36.7 Å². The summed E-state index contributed by atoms with van der Waals surface area (Å²) in [6.07, 6.45) is 3.25. The number of rotatable bonds is 5. The summed E-state index contributed by atoms with van der Waals surface area (Å²) in [5.74, 6) is -0.283. The lowest BCUT2D eigenvalue weighted by atomic mass is 10.0. The first kappa shape index (κ1) is 13.5. The molecular weight excluding hydrogens is 242 g/mol. The van der Waals surface area contributed by atoms with Crippen LogP contribution in [-0.2, 0) is 9.53 Å². The Morgan fingerprint density at radius 2 is 2.16 bits per heavy atom. The van der Waals surface area contributed by atoms with E-state index in [0.29, 0.717) is 13.0 Å². The average Bonchev–Trinajstić information content (AvgIpc) is 2.44. The lowest BCUT2D eigenvalue weighted by Crippen LogP contribution is -2.07. The zero-order valence-electron chi connectivity index (χ0n) is 10.9. The number of carbonyl (C=O) groups excluding carboxylic acids is 1. The third-order valence-electron chi connectivity index (χ3n) is 2.99. The van der Waals surface area contributed by atoms with E-state index in [4.69, 9.17) is 4.74 Å². The fourth-order valence-corrected chi connectivity index (χ4v) is 2.05. The normalized spacial score (nSPS) is 12.3. The number of ether oxygens (including phenoxy) is 1. The van der Waals surface area contributed by atoms with Gasteiger partial charge in [-0.1, -0.05) is 24.3 Å². The van der Waals surface area contributed by atoms with Crippen molar-refractivity contribution >= 4 is 16.7 Å². The third kappa shape index (κ3) is 3.29. The minimum Gasteiger partial charge on any atom is -0.466 e. The first-order valence-corrected chi connectivity index (χ1v) is 6.38. The van der Waals surface area contributed by atoms with Gasteiger partial charge in [-0.05, 0) is 18.7 Å². The van der Waals surface area contributed by atoms with E-state index < -0.39 is 6.10 Å². The molecule has 1 N–H and O–H groups in total. The minimum absolute atomic E-state index is 0.207. The number of esters is 1. The summed E-state index contributed by atoms with van der Waals surface area (Å²) in [4.78, 5) is 15.4. The SMILES string of the molecule is CCOC(=O)CCC(O)c1cncc2ccccc12. The average molecular weight is 259 g/mol. The van der Waals surface area contributed by atoms with Gasteiger partial charge in [0.15, 0.2) is 0 Å². The highest BCUT2D eigenvalue weighted by Crippen LogP contribution is 2.25. The molecule has 0 aliphatic heterocycles. The van der Waals surface area contributed by atoms with Crippen LogP contribution in [0.1, 0.15) is 31.4 Å². The third-order valence-corrected chi connectivity index (χ3v) is 2.99. The number of benzene rings is 1. The molecular formula is C15H17NO3. The van der Waals surface area contributed by atoms with Gasteiger partial charge in [0.1, 0.15) is 0 Å². The Bertz CT molecular complexity index is 563. The van der Waals surface area contributed by atoms with Crippen molar-refractivity contribution in [3.63, 3.8) is 0 Å². The molecule has 100 valence electrons. The maximum atomic E-state index is 11.3. The quantitative estimate of drug-likeness (QED) is 0.838. The molecule has 2 aromatic rings. The lowest BCUT2D eigenvalue weighted by Gasteiger charge is -2.12. The van der Waals surface area contributed by atoms with Crippen LogP contribution in [0.2, 0.25) is 0 Å². The van der Waals surface area contributed by atoms with E-state index in [1.54, 1.807) is 19.3 Å². The zero-order chi connectivity index (χ0) is 13.7. The van der Waals surface area contributed by atoms with Crippen LogP contribution in [0, 0.1) is 0 Å². The summed E-state index contributed by atoms with van der Waals surface area (Å²) in [5.41, 5.74) is 0.752. The van der Waals surface area contributed by atoms with Gasteiger partial charge >= 0.3 is 5.97 Å². The van der Waals surface area contributed by atoms with Crippen LogP contribution in [0.25, 0.3) is 10.8 Å². The number of fused-ring (bicyclic) bond motifs is 1. The van der Waals surface area contributed by atoms with E-state index in [1.165, 1.54) is 0 Å². The van der Waals surface area contributed by atoms with Crippen LogP contribution in [0.3, 0.4) is 0 Å². The zero-order valence-corrected chi connectivity index (χ0v) is 10.9. The van der Waals surface area contributed by atoms with E-state index in [9.17, 15) is 9.90 Å². The fourth-order valence-electron chi connectivity index (χ4n) is 2.05. The molecule has 0 fully saturated rings. The van der Waals surface area contributed by atoms with E-state index in [1.807, 2.05) is 24.3 Å². The number of aromatic nitrogens is 1.